The van der Waals surface area contributed by atoms with Gasteiger partial charge < -0.3 is 39.9 Å². The maximum absolute atomic E-state index is 7.00. The zero-order chi connectivity index (χ0) is 30.3. The Morgan fingerprint density at radius 3 is 0.804 bits per heavy atom. The van der Waals surface area contributed by atoms with Crippen molar-refractivity contribution >= 4 is 0 Å². The molecule has 0 fully saturated rings. The molecule has 0 saturated heterocycles. The fourth-order valence-corrected chi connectivity index (χ4v) is 3.79. The molecule has 2 heterocycles. The quantitative estimate of drug-likeness (QED) is 0.221. The van der Waals surface area contributed by atoms with Gasteiger partial charge in [0.15, 0.2) is 0 Å². The third-order valence-corrected chi connectivity index (χ3v) is 6.18. The van der Waals surface area contributed by atoms with Crippen molar-refractivity contribution in [2.75, 3.05) is 14.2 Å². The van der Waals surface area contributed by atoms with Gasteiger partial charge in [-0.05, 0) is 97.6 Å². The van der Waals surface area contributed by atoms with Gasteiger partial charge in [0.05, 0.1) is 11.4 Å². The molecule has 0 atom stereocenters. The molecule has 2 radical (unpaired) electrons. The van der Waals surface area contributed by atoms with Gasteiger partial charge in [-0.2, -0.15) is 0 Å². The minimum Gasteiger partial charge on any atom is -0.400 e. The summed E-state index contributed by atoms with van der Waals surface area (Å²) in [6, 6.07) is 8.46. The molecular weight excluding hydrogens is 925 g/mol. The first-order valence-corrected chi connectivity index (χ1v) is 14.6. The molecular formula is C40H68Ir2N2O2-4. The van der Waals surface area contributed by atoms with Crippen molar-refractivity contribution in [2.24, 2.45) is 0 Å². The number of aliphatic hydroxyl groups is 2. The standard InChI is InChI=1S/C18H24N2.2C8H12.2CH4O.4CH3.2Ir/c1-17(2,3)13-7-9-19-15(11-13)16-12-14(8-10-20-16)18(4,5)6;2*1-2-4-6-8-7-5-3-1;2*1-2;;;;;;/h7-12H,1-6H3;2*1-2,7-8H,3-6H2;2*2H,1H3;4*1H3;;/q;;;;;4*-1;;/b;2*2-1-,8-7?;;;;;;;;. The van der Waals surface area contributed by atoms with E-state index in [1.165, 1.54) is 62.5 Å². The smallest absolute Gasteiger partial charge is 0.0889 e. The molecule has 272 valence electrons. The van der Waals surface area contributed by atoms with Crippen LogP contribution in [0.5, 0.6) is 0 Å². The Labute approximate surface area is 314 Å². The Morgan fingerprint density at radius 1 is 0.435 bits per heavy atom. The third-order valence-electron chi connectivity index (χ3n) is 6.18. The molecule has 0 bridgehead atoms. The summed E-state index contributed by atoms with van der Waals surface area (Å²) < 4.78 is 0. The van der Waals surface area contributed by atoms with Crippen LogP contribution in [0, 0.1) is 29.7 Å². The first-order valence-electron chi connectivity index (χ1n) is 14.6. The Morgan fingerprint density at radius 2 is 0.630 bits per heavy atom. The maximum atomic E-state index is 7.00. The summed E-state index contributed by atoms with van der Waals surface area (Å²) in [5.74, 6) is 0. The van der Waals surface area contributed by atoms with Crippen LogP contribution in [0.4, 0.5) is 0 Å². The van der Waals surface area contributed by atoms with E-state index in [0.29, 0.717) is 0 Å². The molecule has 2 aromatic heterocycles. The Kier molecular flexibility index (Phi) is 47.3. The zero-order valence-electron chi connectivity index (χ0n) is 31.2. The van der Waals surface area contributed by atoms with Crippen molar-refractivity contribution in [3.05, 3.63) is 126 Å². The summed E-state index contributed by atoms with van der Waals surface area (Å²) in [6.07, 6.45) is 31.8. The summed E-state index contributed by atoms with van der Waals surface area (Å²) in [5.41, 5.74) is 4.71. The van der Waals surface area contributed by atoms with Crippen LogP contribution in [0.3, 0.4) is 0 Å². The van der Waals surface area contributed by atoms with Crippen molar-refractivity contribution in [3.63, 3.8) is 0 Å². The van der Waals surface area contributed by atoms with Gasteiger partial charge in [-0.15, -0.1) is 0 Å². The van der Waals surface area contributed by atoms with E-state index in [1.807, 2.05) is 12.4 Å². The van der Waals surface area contributed by atoms with E-state index < -0.39 is 0 Å². The van der Waals surface area contributed by atoms with E-state index >= 15 is 0 Å². The average Bonchev–Trinajstić information content (AvgIpc) is 2.90. The monoisotopic (exact) mass is 994 g/mol. The van der Waals surface area contributed by atoms with Gasteiger partial charge in [-0.1, -0.05) is 90.2 Å². The topological polar surface area (TPSA) is 66.2 Å². The Hall–Kier alpha value is -1.52. The number of aromatic nitrogens is 2. The molecule has 4 nitrogen and oxygen atoms in total. The minimum absolute atomic E-state index is 0. The average molecular weight is 993 g/mol. The summed E-state index contributed by atoms with van der Waals surface area (Å²) in [5, 5.41) is 14.0. The number of pyridine rings is 2. The van der Waals surface area contributed by atoms with E-state index in [-0.39, 0.29) is 80.7 Å². The third kappa shape index (κ3) is 28.7. The van der Waals surface area contributed by atoms with Gasteiger partial charge in [0.1, 0.15) is 0 Å². The van der Waals surface area contributed by atoms with Crippen LogP contribution in [0.2, 0.25) is 0 Å². The molecule has 4 rings (SSSR count). The van der Waals surface area contributed by atoms with E-state index in [9.17, 15) is 0 Å². The van der Waals surface area contributed by atoms with E-state index in [0.717, 1.165) is 25.6 Å². The molecule has 0 spiro atoms. The maximum Gasteiger partial charge on any atom is 0.0889 e. The van der Waals surface area contributed by atoms with Crippen molar-refractivity contribution in [1.29, 1.82) is 0 Å². The molecule has 0 amide bonds. The Bertz CT molecular complexity index is 899. The normalized spacial score (nSPS) is 14.0. The summed E-state index contributed by atoms with van der Waals surface area (Å²) in [6.45, 7) is 13.3. The van der Waals surface area contributed by atoms with Crippen LogP contribution >= 0.6 is 0 Å². The minimum atomic E-state index is 0. The summed E-state index contributed by atoms with van der Waals surface area (Å²) in [7, 11) is 2.00. The molecule has 2 N–H and O–H groups in total. The molecule has 0 aliphatic heterocycles. The molecule has 0 unspecified atom stereocenters. The van der Waals surface area contributed by atoms with E-state index in [2.05, 4.69) is 124 Å². The molecule has 0 saturated carbocycles. The van der Waals surface area contributed by atoms with E-state index in [4.69, 9.17) is 10.2 Å². The fourth-order valence-electron chi connectivity index (χ4n) is 3.79. The molecule has 0 aromatic carbocycles. The molecule has 6 heteroatoms. The number of rotatable bonds is 1. The predicted octanol–water partition coefficient (Wildman–Crippen LogP) is 11.1. The second kappa shape index (κ2) is 36.3. The second-order valence-corrected chi connectivity index (χ2v) is 11.6. The molecule has 2 aromatic rings. The molecule has 2 aliphatic carbocycles. The molecule has 2 aliphatic rings. The van der Waals surface area contributed by atoms with Gasteiger partial charge in [-0.3, -0.25) is 9.97 Å². The molecule has 46 heavy (non-hydrogen) atoms. The van der Waals surface area contributed by atoms with Gasteiger partial charge >= 0.3 is 0 Å². The summed E-state index contributed by atoms with van der Waals surface area (Å²) in [4.78, 5) is 8.97. The van der Waals surface area contributed by atoms with Crippen LogP contribution in [0.25, 0.3) is 11.4 Å². The number of hydrogen-bond donors (Lipinski definition) is 2. The number of aliphatic hydroxyl groups excluding tert-OH is 2. The van der Waals surface area contributed by atoms with Crippen molar-refractivity contribution in [3.8, 4) is 11.4 Å². The SMILES string of the molecule is C1=CCC/C=C\CC1.C1=CCC/C=C\CC1.CC(C)(C)c1ccnc(-c2cc(C(C)(C)C)ccn2)c1.CO.CO.[CH3-].[CH3-].[CH3-].[CH3-].[Ir].[Ir]. The van der Waals surface area contributed by atoms with Crippen LogP contribution < -0.4 is 0 Å². The number of nitrogens with zero attached hydrogens (tertiary/aromatic N) is 2. The second-order valence-electron chi connectivity index (χ2n) is 11.6. The predicted molar refractivity (Wildman–Crippen MR) is 200 cm³/mol. The fraction of sp³-hybridized carbons (Fsp3) is 0.450. The van der Waals surface area contributed by atoms with Crippen molar-refractivity contribution in [2.45, 2.75) is 104 Å². The van der Waals surface area contributed by atoms with Crippen LogP contribution in [0.1, 0.15) is 104 Å². The number of hydrogen-bond acceptors (Lipinski definition) is 4. The Balaban J connectivity index is -0.0000000994. The van der Waals surface area contributed by atoms with Crippen molar-refractivity contribution in [1.82, 2.24) is 9.97 Å². The summed E-state index contributed by atoms with van der Waals surface area (Å²) >= 11 is 0. The van der Waals surface area contributed by atoms with Gasteiger partial charge in [0.25, 0.3) is 0 Å². The van der Waals surface area contributed by atoms with Crippen LogP contribution in [-0.2, 0) is 51.0 Å². The number of allylic oxidation sites excluding steroid dienone is 8. The van der Waals surface area contributed by atoms with Gasteiger partial charge in [-0.25, -0.2) is 0 Å². The zero-order valence-corrected chi connectivity index (χ0v) is 36.0. The first-order chi connectivity index (χ1) is 19.2. The largest absolute Gasteiger partial charge is 0.400 e. The van der Waals surface area contributed by atoms with Gasteiger partial charge in [0.2, 0.25) is 0 Å². The van der Waals surface area contributed by atoms with Crippen molar-refractivity contribution < 1.29 is 50.4 Å². The van der Waals surface area contributed by atoms with Crippen LogP contribution in [0.15, 0.2) is 85.3 Å². The first kappa shape index (κ1) is 59.9. The van der Waals surface area contributed by atoms with Crippen LogP contribution in [-0.4, -0.2) is 34.4 Å². The van der Waals surface area contributed by atoms with E-state index in [1.54, 1.807) is 0 Å². The van der Waals surface area contributed by atoms with Gasteiger partial charge in [0, 0.05) is 66.8 Å².